The molecule has 2 aromatic rings. The molecule has 2 rings (SSSR count). The molecular formula is C13H13N3O4. The van der Waals surface area contributed by atoms with Crippen LogP contribution >= 0.6 is 0 Å². The number of carboxylic acid groups (broad SMARTS) is 1. The molecule has 0 saturated carbocycles. The van der Waals surface area contributed by atoms with Crippen LogP contribution in [0.3, 0.4) is 0 Å². The molecule has 2 aromatic heterocycles. The monoisotopic (exact) mass is 275 g/mol. The highest BCUT2D eigenvalue weighted by molar-refractivity contribution is 5.90. The summed E-state index contributed by atoms with van der Waals surface area (Å²) in [6.07, 6.45) is 2.61. The maximum atomic E-state index is 11.5. The van der Waals surface area contributed by atoms with Gasteiger partial charge in [-0.15, -0.1) is 0 Å². The molecule has 0 atom stereocenters. The Labute approximate surface area is 114 Å². The van der Waals surface area contributed by atoms with Crippen LogP contribution in [0.1, 0.15) is 35.9 Å². The number of hydrogen-bond acceptors (Lipinski definition) is 5. The van der Waals surface area contributed by atoms with Gasteiger partial charge in [-0.1, -0.05) is 13.8 Å². The molecule has 104 valence electrons. The molecule has 7 nitrogen and oxygen atoms in total. The lowest BCUT2D eigenvalue weighted by molar-refractivity contribution is 0.0694. The highest BCUT2D eigenvalue weighted by atomic mass is 16.5. The normalized spacial score (nSPS) is 10.6. The standard InChI is InChI=1S/C13H13N3O4/c1-7(2)12-15-10(17)5-11(16-12)20-9-6-14-4-3-8(9)13(18)19/h3-7H,1-2H3,(H,18,19)(H,15,16,17). The molecule has 2 heterocycles. The van der Waals surface area contributed by atoms with Gasteiger partial charge < -0.3 is 14.8 Å². The average molecular weight is 275 g/mol. The van der Waals surface area contributed by atoms with E-state index in [4.69, 9.17) is 9.84 Å². The van der Waals surface area contributed by atoms with Crippen LogP contribution in [-0.4, -0.2) is 26.0 Å². The zero-order chi connectivity index (χ0) is 14.7. The van der Waals surface area contributed by atoms with E-state index in [9.17, 15) is 9.59 Å². The zero-order valence-corrected chi connectivity index (χ0v) is 11.0. The third-order valence-electron chi connectivity index (χ3n) is 2.51. The average Bonchev–Trinajstić information content (AvgIpc) is 2.38. The van der Waals surface area contributed by atoms with E-state index in [1.54, 1.807) is 0 Å². The first-order valence-corrected chi connectivity index (χ1v) is 5.94. The molecule has 0 spiro atoms. The minimum atomic E-state index is -1.14. The van der Waals surface area contributed by atoms with Crippen LogP contribution in [0.4, 0.5) is 0 Å². The second-order valence-corrected chi connectivity index (χ2v) is 4.40. The van der Waals surface area contributed by atoms with Crippen molar-refractivity contribution in [3.05, 3.63) is 46.3 Å². The van der Waals surface area contributed by atoms with Crippen molar-refractivity contribution in [3.63, 3.8) is 0 Å². The highest BCUT2D eigenvalue weighted by Crippen LogP contribution is 2.22. The molecule has 0 fully saturated rings. The maximum Gasteiger partial charge on any atom is 0.339 e. The summed E-state index contributed by atoms with van der Waals surface area (Å²) in [6.45, 7) is 3.74. The van der Waals surface area contributed by atoms with Gasteiger partial charge in [0.25, 0.3) is 5.56 Å². The van der Waals surface area contributed by atoms with Crippen LogP contribution in [0, 0.1) is 0 Å². The molecular weight excluding hydrogens is 262 g/mol. The van der Waals surface area contributed by atoms with Crippen LogP contribution in [0.5, 0.6) is 11.6 Å². The Balaban J connectivity index is 2.40. The lowest BCUT2D eigenvalue weighted by atomic mass is 10.2. The number of carbonyl (C=O) groups is 1. The van der Waals surface area contributed by atoms with Crippen molar-refractivity contribution >= 4 is 5.97 Å². The summed E-state index contributed by atoms with van der Waals surface area (Å²) >= 11 is 0. The molecule has 0 aliphatic carbocycles. The van der Waals surface area contributed by atoms with Gasteiger partial charge in [0.2, 0.25) is 5.88 Å². The van der Waals surface area contributed by atoms with Crippen molar-refractivity contribution in [1.29, 1.82) is 0 Å². The number of aromatic amines is 1. The fourth-order valence-corrected chi connectivity index (χ4v) is 1.53. The molecule has 0 aliphatic heterocycles. The molecule has 7 heteroatoms. The van der Waals surface area contributed by atoms with E-state index in [0.29, 0.717) is 5.82 Å². The Morgan fingerprint density at radius 3 is 2.85 bits per heavy atom. The molecule has 20 heavy (non-hydrogen) atoms. The smallest absolute Gasteiger partial charge is 0.339 e. The van der Waals surface area contributed by atoms with Crippen molar-refractivity contribution < 1.29 is 14.6 Å². The Morgan fingerprint density at radius 1 is 1.45 bits per heavy atom. The van der Waals surface area contributed by atoms with Crippen molar-refractivity contribution in [2.24, 2.45) is 0 Å². The lowest BCUT2D eigenvalue weighted by Gasteiger charge is -2.09. The van der Waals surface area contributed by atoms with Gasteiger partial charge in [-0.05, 0) is 6.07 Å². The van der Waals surface area contributed by atoms with Crippen molar-refractivity contribution in [1.82, 2.24) is 15.0 Å². The lowest BCUT2D eigenvalue weighted by Crippen LogP contribution is -2.12. The Hall–Kier alpha value is -2.70. The summed E-state index contributed by atoms with van der Waals surface area (Å²) in [5, 5.41) is 9.04. The number of pyridine rings is 1. The SMILES string of the molecule is CC(C)c1nc(Oc2cnccc2C(=O)O)cc(=O)[nH]1. The molecule has 0 saturated heterocycles. The summed E-state index contributed by atoms with van der Waals surface area (Å²) in [4.78, 5) is 33.1. The van der Waals surface area contributed by atoms with E-state index in [-0.39, 0.29) is 28.7 Å². The quantitative estimate of drug-likeness (QED) is 0.881. The fraction of sp³-hybridized carbons (Fsp3) is 0.231. The summed E-state index contributed by atoms with van der Waals surface area (Å²) in [5.74, 6) is -0.593. The number of nitrogens with zero attached hydrogens (tertiary/aromatic N) is 2. The van der Waals surface area contributed by atoms with E-state index in [1.165, 1.54) is 18.5 Å². The minimum Gasteiger partial charge on any atom is -0.478 e. The third-order valence-corrected chi connectivity index (χ3v) is 2.51. The number of ether oxygens (including phenoxy) is 1. The Morgan fingerprint density at radius 2 is 2.20 bits per heavy atom. The van der Waals surface area contributed by atoms with Gasteiger partial charge in [0.05, 0.1) is 12.3 Å². The predicted molar refractivity (Wildman–Crippen MR) is 70.2 cm³/mol. The van der Waals surface area contributed by atoms with E-state index >= 15 is 0 Å². The Bertz CT molecular complexity index is 694. The molecule has 2 N–H and O–H groups in total. The molecule has 0 unspecified atom stereocenters. The van der Waals surface area contributed by atoms with Crippen LogP contribution in [0.2, 0.25) is 0 Å². The Kier molecular flexibility index (Phi) is 3.79. The van der Waals surface area contributed by atoms with Crippen molar-refractivity contribution in [2.45, 2.75) is 19.8 Å². The van der Waals surface area contributed by atoms with Gasteiger partial charge in [-0.2, -0.15) is 4.98 Å². The molecule has 0 aromatic carbocycles. The van der Waals surface area contributed by atoms with Crippen LogP contribution in [-0.2, 0) is 0 Å². The van der Waals surface area contributed by atoms with Crippen LogP contribution in [0.25, 0.3) is 0 Å². The van der Waals surface area contributed by atoms with E-state index in [0.717, 1.165) is 6.07 Å². The summed E-state index contributed by atoms with van der Waals surface area (Å²) < 4.78 is 5.37. The first-order chi connectivity index (χ1) is 9.47. The van der Waals surface area contributed by atoms with Gasteiger partial charge in [0.15, 0.2) is 5.75 Å². The first kappa shape index (κ1) is 13.7. The van der Waals surface area contributed by atoms with Gasteiger partial charge in [-0.3, -0.25) is 9.78 Å². The number of rotatable bonds is 4. The number of hydrogen-bond donors (Lipinski definition) is 2. The number of nitrogens with one attached hydrogen (secondary N) is 1. The zero-order valence-electron chi connectivity index (χ0n) is 11.0. The fourth-order valence-electron chi connectivity index (χ4n) is 1.53. The van der Waals surface area contributed by atoms with Crippen LogP contribution < -0.4 is 10.3 Å². The topological polar surface area (TPSA) is 105 Å². The molecule has 0 bridgehead atoms. The van der Waals surface area contributed by atoms with E-state index < -0.39 is 5.97 Å². The van der Waals surface area contributed by atoms with Gasteiger partial charge in [0, 0.05) is 12.1 Å². The summed E-state index contributed by atoms with van der Waals surface area (Å²) in [6, 6.07) is 2.47. The molecule has 0 amide bonds. The number of H-pyrrole nitrogens is 1. The highest BCUT2D eigenvalue weighted by Gasteiger charge is 2.13. The van der Waals surface area contributed by atoms with Gasteiger partial charge >= 0.3 is 5.97 Å². The number of aromatic nitrogens is 3. The molecule has 0 radical (unpaired) electrons. The third kappa shape index (κ3) is 3.00. The summed E-state index contributed by atoms with van der Waals surface area (Å²) in [5.41, 5.74) is -0.410. The largest absolute Gasteiger partial charge is 0.478 e. The maximum absolute atomic E-state index is 11.5. The van der Waals surface area contributed by atoms with Gasteiger partial charge in [-0.25, -0.2) is 4.79 Å². The van der Waals surface area contributed by atoms with E-state index in [1.807, 2.05) is 13.8 Å². The van der Waals surface area contributed by atoms with E-state index in [2.05, 4.69) is 15.0 Å². The second kappa shape index (κ2) is 5.52. The first-order valence-electron chi connectivity index (χ1n) is 5.94. The van der Waals surface area contributed by atoms with Crippen LogP contribution in [0.15, 0.2) is 29.3 Å². The number of aromatic carboxylic acids is 1. The van der Waals surface area contributed by atoms with Gasteiger partial charge in [0.1, 0.15) is 11.4 Å². The predicted octanol–water partition coefficient (Wildman–Crippen LogP) is 1.78. The minimum absolute atomic E-state index is 0.0130. The van der Waals surface area contributed by atoms with Crippen molar-refractivity contribution in [2.75, 3.05) is 0 Å². The summed E-state index contributed by atoms with van der Waals surface area (Å²) in [7, 11) is 0. The molecule has 0 aliphatic rings. The second-order valence-electron chi connectivity index (χ2n) is 4.40. The van der Waals surface area contributed by atoms with Crippen molar-refractivity contribution in [3.8, 4) is 11.6 Å². The number of carboxylic acids is 1.